The number of rotatable bonds is 12. The third-order valence-corrected chi connectivity index (χ3v) is 6.75. The Morgan fingerprint density at radius 1 is 1.11 bits per heavy atom. The molecule has 5 heteroatoms. The maximum absolute atomic E-state index is 13.7. The first-order chi connectivity index (χ1) is 17.6. The van der Waals surface area contributed by atoms with Gasteiger partial charge in [0.1, 0.15) is 11.5 Å². The lowest BCUT2D eigenvalue weighted by molar-refractivity contribution is 0.102. The van der Waals surface area contributed by atoms with Crippen LogP contribution in [-0.2, 0) is 0 Å². The van der Waals surface area contributed by atoms with Gasteiger partial charge < -0.3 is 15.6 Å². The third kappa shape index (κ3) is 8.72. The Labute approximate surface area is 225 Å². The summed E-state index contributed by atoms with van der Waals surface area (Å²) in [6.07, 6.45) is 16.7. The lowest BCUT2D eigenvalue weighted by Crippen LogP contribution is -2.13. The van der Waals surface area contributed by atoms with Crippen LogP contribution in [0.5, 0.6) is 5.75 Å². The average Bonchev–Trinajstić information content (AvgIpc) is 2.87. The molecule has 1 aromatic rings. The minimum absolute atomic E-state index is 0.204. The van der Waals surface area contributed by atoms with E-state index in [9.17, 15) is 4.79 Å². The molecule has 1 atom stereocenters. The maximum Gasteiger partial charge on any atom is 0.189 e. The Morgan fingerprint density at radius 2 is 1.84 bits per heavy atom. The van der Waals surface area contributed by atoms with Crippen molar-refractivity contribution in [2.75, 3.05) is 0 Å². The molecule has 0 saturated carbocycles. The van der Waals surface area contributed by atoms with Gasteiger partial charge in [-0.15, -0.1) is 0 Å². The third-order valence-electron chi connectivity index (χ3n) is 5.64. The molecule has 0 spiro atoms. The quantitative estimate of drug-likeness (QED) is 0.0964. The first kappa shape index (κ1) is 29.5. The van der Waals surface area contributed by atoms with Crippen molar-refractivity contribution in [1.82, 2.24) is 0 Å². The zero-order valence-electron chi connectivity index (χ0n) is 22.4. The number of allylic oxidation sites excluding steroid dienone is 12. The fourth-order valence-electron chi connectivity index (χ4n) is 3.53. The Hall–Kier alpha value is -3.70. The number of carbonyl (C=O) groups is 1. The number of hydrogen-bond acceptors (Lipinski definition) is 5. The summed E-state index contributed by atoms with van der Waals surface area (Å²) >= 11 is 1.67. The summed E-state index contributed by atoms with van der Waals surface area (Å²) in [7, 11) is 0. The summed E-state index contributed by atoms with van der Waals surface area (Å²) in [4.78, 5) is 15.9. The smallest absolute Gasteiger partial charge is 0.189 e. The zero-order chi connectivity index (χ0) is 27.5. The van der Waals surface area contributed by atoms with E-state index >= 15 is 0 Å². The van der Waals surface area contributed by atoms with Crippen LogP contribution in [0.15, 0.2) is 107 Å². The predicted octanol–water partition coefficient (Wildman–Crippen LogP) is 9.03. The largest absolute Gasteiger partial charge is 0.457 e. The fourth-order valence-corrected chi connectivity index (χ4v) is 4.47. The molecule has 0 saturated heterocycles. The number of ether oxygens (including phenoxy) is 1. The number of nitrogens with one attached hydrogen (secondary N) is 2. The topological polar surface area (TPSA) is 74.0 Å². The first-order valence-electron chi connectivity index (χ1n) is 12.1. The highest BCUT2D eigenvalue weighted by molar-refractivity contribution is 8.11. The second-order valence-corrected chi connectivity index (χ2v) is 10.2. The van der Waals surface area contributed by atoms with E-state index in [2.05, 4.69) is 32.2 Å². The predicted molar refractivity (Wildman–Crippen MR) is 161 cm³/mol. The second kappa shape index (κ2) is 14.1. The van der Waals surface area contributed by atoms with Crippen LogP contribution in [0.1, 0.15) is 57.0 Å². The van der Waals surface area contributed by atoms with E-state index in [-0.39, 0.29) is 11.7 Å². The van der Waals surface area contributed by atoms with Gasteiger partial charge in [0.15, 0.2) is 5.78 Å². The van der Waals surface area contributed by atoms with Gasteiger partial charge in [-0.1, -0.05) is 67.8 Å². The molecular weight excluding hydrogens is 476 g/mol. The summed E-state index contributed by atoms with van der Waals surface area (Å²) in [5.41, 5.74) is 4.00. The molecule has 0 unspecified atom stereocenters. The summed E-state index contributed by atoms with van der Waals surface area (Å²) in [5.74, 6) is 0.599. The maximum atomic E-state index is 13.7. The van der Waals surface area contributed by atoms with Gasteiger partial charge in [-0.3, -0.25) is 4.79 Å². The molecule has 0 aromatic heterocycles. The van der Waals surface area contributed by atoms with Crippen molar-refractivity contribution in [3.05, 3.63) is 118 Å². The SMILES string of the molecule is C=C(C)/C=C(\C=C/C)Oc1cc(C(=O)C(=C)[C@H](C)/C(C=N)=C/C=C(\C)C=N)cc(C2=CCC=C(C)S2)c1. The molecular formula is C32H36N2O2S. The summed E-state index contributed by atoms with van der Waals surface area (Å²) < 4.78 is 6.20. The van der Waals surface area contributed by atoms with E-state index in [0.717, 1.165) is 28.0 Å². The van der Waals surface area contributed by atoms with Gasteiger partial charge in [-0.05, 0) is 86.1 Å². The van der Waals surface area contributed by atoms with Gasteiger partial charge in [0.2, 0.25) is 0 Å². The molecule has 2 N–H and O–H groups in total. The minimum atomic E-state index is -0.372. The van der Waals surface area contributed by atoms with Crippen LogP contribution in [0, 0.1) is 16.7 Å². The number of carbonyl (C=O) groups excluding carboxylic acids is 1. The van der Waals surface area contributed by atoms with E-state index in [1.807, 2.05) is 58.1 Å². The van der Waals surface area contributed by atoms with Crippen LogP contribution in [0.3, 0.4) is 0 Å². The van der Waals surface area contributed by atoms with Gasteiger partial charge >= 0.3 is 0 Å². The van der Waals surface area contributed by atoms with Crippen molar-refractivity contribution in [3.63, 3.8) is 0 Å². The van der Waals surface area contributed by atoms with Crippen molar-refractivity contribution in [3.8, 4) is 5.75 Å². The molecule has 2 rings (SSSR count). The zero-order valence-corrected chi connectivity index (χ0v) is 23.2. The van der Waals surface area contributed by atoms with Gasteiger partial charge in [-0.25, -0.2) is 0 Å². The highest BCUT2D eigenvalue weighted by Crippen LogP contribution is 2.39. The van der Waals surface area contributed by atoms with E-state index < -0.39 is 0 Å². The van der Waals surface area contributed by atoms with Gasteiger partial charge in [0.05, 0.1) is 0 Å². The summed E-state index contributed by atoms with van der Waals surface area (Å²) in [6.45, 7) is 17.6. The molecule has 1 aromatic carbocycles. The Morgan fingerprint density at radius 3 is 2.43 bits per heavy atom. The molecule has 0 radical (unpaired) electrons. The van der Waals surface area contributed by atoms with Crippen molar-refractivity contribution < 1.29 is 9.53 Å². The Bertz CT molecular complexity index is 1290. The van der Waals surface area contributed by atoms with E-state index in [0.29, 0.717) is 28.2 Å². The van der Waals surface area contributed by atoms with Gasteiger partial charge in [0, 0.05) is 34.4 Å². The number of benzene rings is 1. The van der Waals surface area contributed by atoms with E-state index in [1.54, 1.807) is 30.0 Å². The van der Waals surface area contributed by atoms with Gasteiger partial charge in [-0.2, -0.15) is 0 Å². The van der Waals surface area contributed by atoms with E-state index in [4.69, 9.17) is 15.6 Å². The number of hydrogen-bond donors (Lipinski definition) is 2. The van der Waals surface area contributed by atoms with E-state index in [1.165, 1.54) is 17.3 Å². The van der Waals surface area contributed by atoms with Crippen LogP contribution in [0.4, 0.5) is 0 Å². The molecule has 1 aliphatic rings. The summed E-state index contributed by atoms with van der Waals surface area (Å²) in [5, 5.41) is 15.2. The summed E-state index contributed by atoms with van der Waals surface area (Å²) in [6, 6.07) is 5.57. The molecule has 1 aliphatic heterocycles. The van der Waals surface area contributed by atoms with Crippen molar-refractivity contribution in [1.29, 1.82) is 10.8 Å². The monoisotopic (exact) mass is 512 g/mol. The van der Waals surface area contributed by atoms with Crippen LogP contribution in [0.25, 0.3) is 4.91 Å². The van der Waals surface area contributed by atoms with Crippen molar-refractivity contribution in [2.45, 2.75) is 41.0 Å². The normalized spacial score (nSPS) is 15.5. The fraction of sp³-hybridized carbons (Fsp3) is 0.219. The number of thioether (sulfide) groups is 1. The lowest BCUT2D eigenvalue weighted by Gasteiger charge is -2.18. The van der Waals surface area contributed by atoms with Crippen LogP contribution >= 0.6 is 11.8 Å². The minimum Gasteiger partial charge on any atom is -0.457 e. The molecule has 0 aliphatic carbocycles. The standard InChI is InChI=1S/C32H36N2O2S/c1-8-10-29(15-21(2)3)36-30-17-27(31-12-9-11-23(5)37-31)16-28(18-30)32(35)25(7)24(6)26(20-34)14-13-22(4)19-33/h8,10-20,24,33-34H,2,7,9H2,1,3-6H3/b10-8-,22-13+,26-14+,29-15+,33-19?,34-20?/t24-/m0/s1. The molecule has 1 heterocycles. The average molecular weight is 513 g/mol. The van der Waals surface area contributed by atoms with Crippen LogP contribution in [0.2, 0.25) is 0 Å². The Kier molecular flexibility index (Phi) is 11.3. The Balaban J connectivity index is 2.53. The van der Waals surface area contributed by atoms with Gasteiger partial charge in [0.25, 0.3) is 0 Å². The molecule has 0 amide bonds. The van der Waals surface area contributed by atoms with Crippen molar-refractivity contribution in [2.24, 2.45) is 5.92 Å². The van der Waals surface area contributed by atoms with Crippen molar-refractivity contribution >= 4 is 34.9 Å². The molecule has 4 nitrogen and oxygen atoms in total. The number of Topliss-reactive ketones (excluding diaryl/α,β-unsaturated/α-hetero) is 1. The molecule has 37 heavy (non-hydrogen) atoms. The highest BCUT2D eigenvalue weighted by Gasteiger charge is 2.21. The second-order valence-electron chi connectivity index (χ2n) is 8.90. The lowest BCUT2D eigenvalue weighted by atomic mass is 9.88. The van der Waals surface area contributed by atoms with Crippen LogP contribution < -0.4 is 4.74 Å². The van der Waals surface area contributed by atoms with Crippen LogP contribution in [-0.4, -0.2) is 18.2 Å². The molecule has 0 fully saturated rings. The highest BCUT2D eigenvalue weighted by atomic mass is 32.2. The number of ketones is 1. The molecule has 0 bridgehead atoms. The first-order valence-corrected chi connectivity index (χ1v) is 12.9. The molecule has 192 valence electrons.